The molecule has 1 aliphatic heterocycles. The zero-order valence-corrected chi connectivity index (χ0v) is 16.1. The lowest BCUT2D eigenvalue weighted by Gasteiger charge is -2.28. The van der Waals surface area contributed by atoms with E-state index >= 15 is 0 Å². The van der Waals surface area contributed by atoms with Crippen LogP contribution in [0.25, 0.3) is 0 Å². The first-order chi connectivity index (χ1) is 12.0. The summed E-state index contributed by atoms with van der Waals surface area (Å²) in [7, 11) is -3.53. The van der Waals surface area contributed by atoms with Crippen LogP contribution in [0.3, 0.4) is 0 Å². The van der Waals surface area contributed by atoms with Gasteiger partial charge in [-0.25, -0.2) is 8.42 Å². The highest BCUT2D eigenvalue weighted by Gasteiger charge is 2.25. The fourth-order valence-corrected chi connectivity index (χ4v) is 4.45. The lowest BCUT2D eigenvalue weighted by atomic mass is 10.0. The lowest BCUT2D eigenvalue weighted by molar-refractivity contribution is 0.0896. The predicted octanol–water partition coefficient (Wildman–Crippen LogP) is 2.55. The Bertz CT molecular complexity index is 836. The number of halogens is 1. The predicted molar refractivity (Wildman–Crippen MR) is 101 cm³/mol. The van der Waals surface area contributed by atoms with Gasteiger partial charge in [0.1, 0.15) is 0 Å². The van der Waals surface area contributed by atoms with Crippen molar-refractivity contribution in [3.8, 4) is 0 Å². The van der Waals surface area contributed by atoms with Gasteiger partial charge in [0.2, 0.25) is 0 Å². The third-order valence-corrected chi connectivity index (χ3v) is 6.04. The molecule has 1 aliphatic rings. The number of hydrogen-bond donors (Lipinski definition) is 2. The van der Waals surface area contributed by atoms with Crippen LogP contribution in [0.4, 0.5) is 0 Å². The Hall–Kier alpha value is -1.83. The number of hydrogen-bond acceptors (Lipinski definition) is 5. The zero-order chi connectivity index (χ0) is 17.9. The summed E-state index contributed by atoms with van der Waals surface area (Å²) in [6.45, 7) is 2.92. The minimum atomic E-state index is -3.53. The number of sulfone groups is 1. The van der Waals surface area contributed by atoms with Gasteiger partial charge < -0.3 is 15.1 Å². The van der Waals surface area contributed by atoms with Crippen molar-refractivity contribution in [2.45, 2.75) is 42.5 Å². The van der Waals surface area contributed by atoms with E-state index in [2.05, 4.69) is 17.6 Å². The molecule has 2 N–H and O–H groups in total. The highest BCUT2D eigenvalue weighted by Crippen LogP contribution is 2.20. The summed E-state index contributed by atoms with van der Waals surface area (Å²) in [5, 5.41) is 6.28. The maximum Gasteiger partial charge on any atom is 0.287 e. The van der Waals surface area contributed by atoms with Gasteiger partial charge in [-0.2, -0.15) is 0 Å². The van der Waals surface area contributed by atoms with E-state index in [1.54, 1.807) is 36.4 Å². The number of furan rings is 1. The molecule has 0 aliphatic carbocycles. The van der Waals surface area contributed by atoms with Crippen LogP contribution in [0.1, 0.15) is 35.9 Å². The standard InChI is InChI=1S/C18H22N2O4S.ClH/c1-13-11-15(7-9-19-13)20-18(21)17-14(8-10-24-17)12-25(22,23)16-5-3-2-4-6-16;/h2-6,8,10,13,15,19H,7,9,11-12H2,1H3,(H,20,21);1H. The summed E-state index contributed by atoms with van der Waals surface area (Å²) < 4.78 is 30.3. The Kier molecular flexibility index (Phi) is 6.86. The highest BCUT2D eigenvalue weighted by atomic mass is 35.5. The average molecular weight is 399 g/mol. The van der Waals surface area contributed by atoms with E-state index in [1.807, 2.05) is 0 Å². The van der Waals surface area contributed by atoms with Gasteiger partial charge in [0.15, 0.2) is 15.6 Å². The smallest absolute Gasteiger partial charge is 0.287 e. The van der Waals surface area contributed by atoms with Crippen molar-refractivity contribution >= 4 is 28.2 Å². The van der Waals surface area contributed by atoms with Crippen molar-refractivity contribution in [1.82, 2.24) is 10.6 Å². The first-order valence-corrected chi connectivity index (χ1v) is 9.99. The van der Waals surface area contributed by atoms with Gasteiger partial charge >= 0.3 is 0 Å². The van der Waals surface area contributed by atoms with Crippen LogP contribution >= 0.6 is 12.4 Å². The van der Waals surface area contributed by atoms with Crippen LogP contribution in [-0.4, -0.2) is 33.0 Å². The first-order valence-electron chi connectivity index (χ1n) is 8.34. The summed E-state index contributed by atoms with van der Waals surface area (Å²) >= 11 is 0. The largest absolute Gasteiger partial charge is 0.459 e. The molecule has 0 radical (unpaired) electrons. The minimum absolute atomic E-state index is 0. The Labute approximate surface area is 159 Å². The van der Waals surface area contributed by atoms with Crippen molar-refractivity contribution in [1.29, 1.82) is 0 Å². The first kappa shape index (κ1) is 20.5. The van der Waals surface area contributed by atoms with E-state index in [0.717, 1.165) is 19.4 Å². The van der Waals surface area contributed by atoms with Gasteiger partial charge in [0.25, 0.3) is 5.91 Å². The zero-order valence-electron chi connectivity index (χ0n) is 14.5. The van der Waals surface area contributed by atoms with Gasteiger partial charge in [-0.3, -0.25) is 4.79 Å². The maximum absolute atomic E-state index is 12.5. The highest BCUT2D eigenvalue weighted by molar-refractivity contribution is 7.90. The SMILES string of the molecule is CC1CC(NC(=O)c2occc2CS(=O)(=O)c2ccccc2)CCN1.Cl. The molecule has 2 unspecified atom stereocenters. The van der Waals surface area contributed by atoms with Gasteiger partial charge in [-0.1, -0.05) is 18.2 Å². The molecule has 1 fully saturated rings. The average Bonchev–Trinajstić information content (AvgIpc) is 3.03. The molecule has 6 nitrogen and oxygen atoms in total. The fraction of sp³-hybridized carbons (Fsp3) is 0.389. The monoisotopic (exact) mass is 398 g/mol. The van der Waals surface area contributed by atoms with E-state index < -0.39 is 9.84 Å². The summed E-state index contributed by atoms with van der Waals surface area (Å²) in [4.78, 5) is 12.7. The van der Waals surface area contributed by atoms with E-state index in [1.165, 1.54) is 6.26 Å². The molecule has 1 saturated heterocycles. The maximum atomic E-state index is 12.5. The molecule has 1 aromatic carbocycles. The number of piperidine rings is 1. The van der Waals surface area contributed by atoms with Gasteiger partial charge in [0, 0.05) is 17.6 Å². The van der Waals surface area contributed by atoms with Crippen molar-refractivity contribution in [3.05, 3.63) is 54.0 Å². The van der Waals surface area contributed by atoms with Crippen molar-refractivity contribution in [2.24, 2.45) is 0 Å². The number of benzene rings is 1. The number of rotatable bonds is 5. The molecule has 142 valence electrons. The van der Waals surface area contributed by atoms with E-state index in [0.29, 0.717) is 11.6 Å². The third kappa shape index (κ3) is 4.87. The summed E-state index contributed by atoms with van der Waals surface area (Å²) in [5.41, 5.74) is 0.378. The lowest BCUT2D eigenvalue weighted by Crippen LogP contribution is -2.46. The van der Waals surface area contributed by atoms with Crippen LogP contribution in [0.2, 0.25) is 0 Å². The Morgan fingerprint density at radius 1 is 1.27 bits per heavy atom. The van der Waals surface area contributed by atoms with Crippen molar-refractivity contribution < 1.29 is 17.6 Å². The second-order valence-electron chi connectivity index (χ2n) is 6.40. The third-order valence-electron chi connectivity index (χ3n) is 4.36. The molecular weight excluding hydrogens is 376 g/mol. The second-order valence-corrected chi connectivity index (χ2v) is 8.39. The second kappa shape index (κ2) is 8.70. The molecule has 0 spiro atoms. The molecule has 0 saturated carbocycles. The molecule has 1 aromatic heterocycles. The minimum Gasteiger partial charge on any atom is -0.459 e. The summed E-state index contributed by atoms with van der Waals surface area (Å²) in [6.07, 6.45) is 3.04. The Balaban J connectivity index is 0.00000243. The van der Waals surface area contributed by atoms with E-state index in [-0.39, 0.29) is 40.8 Å². The molecule has 26 heavy (non-hydrogen) atoms. The number of carbonyl (C=O) groups is 1. The van der Waals surface area contributed by atoms with Gasteiger partial charge in [-0.05, 0) is 44.5 Å². The molecule has 8 heteroatoms. The molecular formula is C18H23ClN2O4S. The van der Waals surface area contributed by atoms with Crippen LogP contribution in [0.15, 0.2) is 52.0 Å². The topological polar surface area (TPSA) is 88.4 Å². The molecule has 2 atom stereocenters. The molecule has 1 amide bonds. The van der Waals surface area contributed by atoms with Crippen LogP contribution in [0.5, 0.6) is 0 Å². The van der Waals surface area contributed by atoms with Gasteiger partial charge in [-0.15, -0.1) is 12.4 Å². The Morgan fingerprint density at radius 2 is 2.00 bits per heavy atom. The quantitative estimate of drug-likeness (QED) is 0.808. The number of carbonyl (C=O) groups excluding carboxylic acids is 1. The molecule has 3 rings (SSSR count). The fourth-order valence-electron chi connectivity index (χ4n) is 3.08. The Morgan fingerprint density at radius 3 is 2.69 bits per heavy atom. The van der Waals surface area contributed by atoms with Gasteiger partial charge in [0.05, 0.1) is 16.9 Å². The van der Waals surface area contributed by atoms with E-state index in [9.17, 15) is 13.2 Å². The normalized spacial score (nSPS) is 20.2. The molecule has 2 aromatic rings. The number of nitrogens with one attached hydrogen (secondary N) is 2. The van der Waals surface area contributed by atoms with Crippen molar-refractivity contribution in [2.75, 3.05) is 6.54 Å². The van der Waals surface area contributed by atoms with E-state index in [4.69, 9.17) is 4.42 Å². The summed E-state index contributed by atoms with van der Waals surface area (Å²) in [5.74, 6) is -0.549. The van der Waals surface area contributed by atoms with Crippen LogP contribution < -0.4 is 10.6 Å². The molecule has 2 heterocycles. The summed E-state index contributed by atoms with van der Waals surface area (Å²) in [6, 6.07) is 10.1. The molecule has 0 bridgehead atoms. The van der Waals surface area contributed by atoms with Crippen LogP contribution in [0, 0.1) is 0 Å². The van der Waals surface area contributed by atoms with Crippen LogP contribution in [-0.2, 0) is 15.6 Å². The van der Waals surface area contributed by atoms with Crippen molar-refractivity contribution in [3.63, 3.8) is 0 Å². The number of amides is 1.